The van der Waals surface area contributed by atoms with Crippen molar-refractivity contribution in [2.45, 2.75) is 48.1 Å². The molecule has 1 unspecified atom stereocenters. The molecule has 154 valence electrons. The van der Waals surface area contributed by atoms with Crippen molar-refractivity contribution in [2.75, 3.05) is 19.0 Å². The first kappa shape index (κ1) is 23.3. The normalized spacial score (nSPS) is 12.9. The van der Waals surface area contributed by atoms with Crippen LogP contribution in [0.1, 0.15) is 45.0 Å². The summed E-state index contributed by atoms with van der Waals surface area (Å²) in [5, 5.41) is 8.89. The smallest absolute Gasteiger partial charge is 0.232 e. The molecule has 0 radical (unpaired) electrons. The van der Waals surface area contributed by atoms with Crippen LogP contribution in [0.15, 0.2) is 17.1 Å². The summed E-state index contributed by atoms with van der Waals surface area (Å²) in [5.74, 6) is 2.02. The van der Waals surface area contributed by atoms with Crippen LogP contribution in [0.3, 0.4) is 0 Å². The summed E-state index contributed by atoms with van der Waals surface area (Å²) in [5.41, 5.74) is 1.75. The molecule has 0 aliphatic carbocycles. The van der Waals surface area contributed by atoms with Crippen molar-refractivity contribution in [3.05, 3.63) is 29.5 Å². The summed E-state index contributed by atoms with van der Waals surface area (Å²) in [7, 11) is 5.35. The minimum Gasteiger partial charge on any atom is -0.300 e. The van der Waals surface area contributed by atoms with Gasteiger partial charge in [0.1, 0.15) is 17.5 Å². The highest BCUT2D eigenvalue weighted by molar-refractivity contribution is 6.09. The summed E-state index contributed by atoms with van der Waals surface area (Å²) in [4.78, 5) is 23.0. The number of anilines is 1. The van der Waals surface area contributed by atoms with E-state index in [2.05, 4.69) is 33.2 Å². The summed E-state index contributed by atoms with van der Waals surface area (Å²) in [6.45, 7) is 8.20. The van der Waals surface area contributed by atoms with E-state index in [1.165, 1.54) is 0 Å². The Hall–Kier alpha value is -2.77. The highest BCUT2D eigenvalue weighted by atomic mass is 16.2. The number of hydrogen-bond donors (Lipinski definition) is 0. The SMILES string of the molecule is C.CC/C=C(\C=NC)c1cc(N(C)C(=O)C(C)Cn2nc(C)nc2C)n(C)n1. The minimum atomic E-state index is -0.240. The van der Waals surface area contributed by atoms with Crippen molar-refractivity contribution in [2.24, 2.45) is 18.0 Å². The number of aryl methyl sites for hydroxylation is 3. The first-order valence-electron chi connectivity index (χ1n) is 9.10. The summed E-state index contributed by atoms with van der Waals surface area (Å²) < 4.78 is 3.50. The van der Waals surface area contributed by atoms with Crippen LogP contribution >= 0.6 is 0 Å². The van der Waals surface area contributed by atoms with Gasteiger partial charge in [0.2, 0.25) is 5.91 Å². The number of carbonyl (C=O) groups is 1. The monoisotopic (exact) mass is 387 g/mol. The van der Waals surface area contributed by atoms with Gasteiger partial charge in [-0.3, -0.25) is 19.4 Å². The molecule has 0 aliphatic rings. The third-order valence-electron chi connectivity index (χ3n) is 4.35. The Morgan fingerprint density at radius 3 is 2.57 bits per heavy atom. The number of aromatic nitrogens is 5. The maximum atomic E-state index is 12.9. The molecule has 0 saturated heterocycles. The van der Waals surface area contributed by atoms with Crippen LogP contribution in [-0.2, 0) is 18.4 Å². The summed E-state index contributed by atoms with van der Waals surface area (Å²) in [6.07, 6.45) is 4.74. The van der Waals surface area contributed by atoms with Crippen LogP contribution in [0.2, 0.25) is 0 Å². The molecule has 2 rings (SSSR count). The Bertz CT molecular complexity index is 860. The number of aliphatic imine (C=N–C) groups is 1. The molecule has 28 heavy (non-hydrogen) atoms. The molecule has 2 aromatic heterocycles. The second kappa shape index (κ2) is 9.96. The predicted molar refractivity (Wildman–Crippen MR) is 115 cm³/mol. The van der Waals surface area contributed by atoms with Gasteiger partial charge in [0.05, 0.1) is 18.2 Å². The van der Waals surface area contributed by atoms with Crippen LogP contribution in [0.5, 0.6) is 0 Å². The number of rotatable bonds is 7. The van der Waals surface area contributed by atoms with Crippen LogP contribution in [0, 0.1) is 19.8 Å². The zero-order valence-corrected chi connectivity index (χ0v) is 17.3. The fourth-order valence-electron chi connectivity index (χ4n) is 3.01. The lowest BCUT2D eigenvalue weighted by atomic mass is 10.1. The minimum absolute atomic E-state index is 0. The highest BCUT2D eigenvalue weighted by Gasteiger charge is 2.23. The Morgan fingerprint density at radius 2 is 2.04 bits per heavy atom. The molecule has 0 aromatic carbocycles. The van der Waals surface area contributed by atoms with E-state index in [-0.39, 0.29) is 19.3 Å². The van der Waals surface area contributed by atoms with E-state index in [1.807, 2.05) is 33.9 Å². The zero-order valence-electron chi connectivity index (χ0n) is 17.3. The average molecular weight is 388 g/mol. The molecule has 8 heteroatoms. The lowest BCUT2D eigenvalue weighted by Crippen LogP contribution is -2.35. The average Bonchev–Trinajstić information content (AvgIpc) is 3.15. The standard InChI is InChI=1S/C19H29N7O.CH4/c1-8-9-16(11-20-5)17-10-18(25(7)23-17)24(6)19(27)13(2)12-26-15(4)21-14(3)22-26;/h9-11,13H,8,12H2,1-7H3;1H4/b16-9+,20-11?;. The number of hydrogen-bond acceptors (Lipinski definition) is 5. The van der Waals surface area contributed by atoms with E-state index in [0.29, 0.717) is 12.4 Å². The first-order valence-corrected chi connectivity index (χ1v) is 9.10. The van der Waals surface area contributed by atoms with Gasteiger partial charge in [-0.25, -0.2) is 9.67 Å². The molecule has 1 amide bonds. The van der Waals surface area contributed by atoms with Gasteiger partial charge in [-0.2, -0.15) is 10.2 Å². The van der Waals surface area contributed by atoms with Crippen LogP contribution in [0.4, 0.5) is 5.82 Å². The molecule has 0 saturated carbocycles. The Labute approximate surface area is 168 Å². The molecule has 8 nitrogen and oxygen atoms in total. The predicted octanol–water partition coefficient (Wildman–Crippen LogP) is 3.06. The van der Waals surface area contributed by atoms with E-state index in [4.69, 9.17) is 0 Å². The lowest BCUT2D eigenvalue weighted by Gasteiger charge is -2.21. The van der Waals surface area contributed by atoms with Crippen molar-refractivity contribution < 1.29 is 4.79 Å². The number of carbonyl (C=O) groups excluding carboxylic acids is 1. The van der Waals surface area contributed by atoms with Crippen LogP contribution in [-0.4, -0.2) is 50.8 Å². The van der Waals surface area contributed by atoms with Gasteiger partial charge in [0, 0.05) is 39.0 Å². The highest BCUT2D eigenvalue weighted by Crippen LogP contribution is 2.21. The van der Waals surface area contributed by atoms with Gasteiger partial charge in [-0.05, 0) is 20.3 Å². The first-order chi connectivity index (χ1) is 12.8. The van der Waals surface area contributed by atoms with Crippen molar-refractivity contribution in [1.29, 1.82) is 0 Å². The van der Waals surface area contributed by atoms with Crippen molar-refractivity contribution in [1.82, 2.24) is 24.5 Å². The van der Waals surface area contributed by atoms with E-state index >= 15 is 0 Å². The fraction of sp³-hybridized carbons (Fsp3) is 0.550. The number of amides is 1. The summed E-state index contributed by atoms with van der Waals surface area (Å²) in [6, 6.07) is 1.92. The summed E-state index contributed by atoms with van der Waals surface area (Å²) >= 11 is 0. The van der Waals surface area contributed by atoms with Gasteiger partial charge < -0.3 is 0 Å². The molecule has 0 N–H and O–H groups in total. The molecule has 0 fully saturated rings. The Kier molecular flexibility index (Phi) is 8.28. The largest absolute Gasteiger partial charge is 0.300 e. The van der Waals surface area contributed by atoms with Gasteiger partial charge in [-0.1, -0.05) is 27.4 Å². The molecule has 0 spiro atoms. The van der Waals surface area contributed by atoms with E-state index < -0.39 is 0 Å². The second-order valence-electron chi connectivity index (χ2n) is 6.65. The van der Waals surface area contributed by atoms with Crippen molar-refractivity contribution in [3.63, 3.8) is 0 Å². The van der Waals surface area contributed by atoms with Gasteiger partial charge in [0.25, 0.3) is 0 Å². The molecular weight excluding hydrogens is 354 g/mol. The topological polar surface area (TPSA) is 81.2 Å². The third kappa shape index (κ3) is 5.15. The number of allylic oxidation sites excluding steroid dienone is 2. The molecular formula is C20H33N7O. The van der Waals surface area contributed by atoms with E-state index in [0.717, 1.165) is 29.3 Å². The Balaban J connectivity index is 0.00000392. The zero-order chi connectivity index (χ0) is 20.1. The second-order valence-corrected chi connectivity index (χ2v) is 6.65. The van der Waals surface area contributed by atoms with Gasteiger partial charge >= 0.3 is 0 Å². The van der Waals surface area contributed by atoms with Crippen molar-refractivity contribution in [3.8, 4) is 0 Å². The van der Waals surface area contributed by atoms with E-state index in [1.54, 1.807) is 34.6 Å². The van der Waals surface area contributed by atoms with Crippen molar-refractivity contribution >= 4 is 23.5 Å². The third-order valence-corrected chi connectivity index (χ3v) is 4.35. The van der Waals surface area contributed by atoms with Gasteiger partial charge in [-0.15, -0.1) is 0 Å². The van der Waals surface area contributed by atoms with Crippen LogP contribution in [0.25, 0.3) is 5.57 Å². The van der Waals surface area contributed by atoms with Gasteiger partial charge in [0.15, 0.2) is 0 Å². The molecule has 2 heterocycles. The molecule has 2 aromatic rings. The van der Waals surface area contributed by atoms with E-state index in [9.17, 15) is 4.79 Å². The molecule has 1 atom stereocenters. The van der Waals surface area contributed by atoms with Crippen LogP contribution < -0.4 is 4.90 Å². The lowest BCUT2D eigenvalue weighted by molar-refractivity contribution is -0.122. The maximum Gasteiger partial charge on any atom is 0.232 e. The quantitative estimate of drug-likeness (QED) is 0.684. The number of nitrogens with zero attached hydrogens (tertiary/aromatic N) is 7. The molecule has 0 aliphatic heterocycles. The Morgan fingerprint density at radius 1 is 1.36 bits per heavy atom. The maximum absolute atomic E-state index is 12.9. The fourth-order valence-corrected chi connectivity index (χ4v) is 3.01. The molecule has 0 bridgehead atoms.